The zero-order valence-electron chi connectivity index (χ0n) is 16.1. The van der Waals surface area contributed by atoms with Crippen LogP contribution in [0.25, 0.3) is 0 Å². The number of nitrogens with zero attached hydrogens (tertiary/aromatic N) is 3. The highest BCUT2D eigenvalue weighted by Crippen LogP contribution is 2.23. The largest absolute Gasteiger partial charge is 0.352 e. The van der Waals surface area contributed by atoms with Gasteiger partial charge in [0.25, 0.3) is 0 Å². The van der Waals surface area contributed by atoms with Gasteiger partial charge in [0.1, 0.15) is 0 Å². The van der Waals surface area contributed by atoms with Crippen molar-refractivity contribution in [2.24, 2.45) is 0 Å². The topological polar surface area (TPSA) is 75.2 Å². The highest BCUT2D eigenvalue weighted by molar-refractivity contribution is 5.98. The van der Waals surface area contributed by atoms with Gasteiger partial charge in [-0.1, -0.05) is 12.1 Å². The fraction of sp³-hybridized carbons (Fsp3) is 0.455. The van der Waals surface area contributed by atoms with Crippen molar-refractivity contribution in [2.45, 2.75) is 51.0 Å². The van der Waals surface area contributed by atoms with Crippen LogP contribution in [0.2, 0.25) is 0 Å². The Morgan fingerprint density at radius 3 is 2.75 bits per heavy atom. The molecule has 1 amide bonds. The molecule has 0 unspecified atom stereocenters. The molecule has 0 radical (unpaired) electrons. The van der Waals surface area contributed by atoms with E-state index in [1.165, 1.54) is 17.5 Å². The van der Waals surface area contributed by atoms with Crippen molar-refractivity contribution in [1.29, 1.82) is 0 Å². The molecule has 1 aromatic carbocycles. The molecule has 6 nitrogen and oxygen atoms in total. The van der Waals surface area contributed by atoms with Crippen LogP contribution >= 0.6 is 0 Å². The molecule has 0 saturated carbocycles. The highest BCUT2D eigenvalue weighted by atomic mass is 16.2. The van der Waals surface area contributed by atoms with Crippen molar-refractivity contribution >= 4 is 17.6 Å². The Bertz CT molecular complexity index is 853. The number of fused-ring (bicyclic) bond motifs is 1. The molecule has 1 aliphatic heterocycles. The SMILES string of the molecule is O=C(CCC(=O)c1ccc2c(c1)CCC2)N[C@H]1CCCN(c2ncccn2)C1. The lowest BCUT2D eigenvalue weighted by molar-refractivity contribution is -0.121. The van der Waals surface area contributed by atoms with E-state index in [2.05, 4.69) is 26.3 Å². The summed E-state index contributed by atoms with van der Waals surface area (Å²) in [4.78, 5) is 35.5. The summed E-state index contributed by atoms with van der Waals surface area (Å²) in [5, 5.41) is 3.08. The standard InChI is InChI=1S/C22H26N4O2/c27-20(18-8-7-16-4-1-5-17(16)14-18)9-10-21(28)25-19-6-2-13-26(15-19)22-23-11-3-12-24-22/h3,7-8,11-12,14,19H,1-2,4-6,9-10,13,15H2,(H,25,28)/t19-/m0/s1. The molecule has 2 heterocycles. The van der Waals surface area contributed by atoms with Crippen molar-refractivity contribution in [3.63, 3.8) is 0 Å². The van der Waals surface area contributed by atoms with E-state index in [0.717, 1.165) is 37.8 Å². The quantitative estimate of drug-likeness (QED) is 0.783. The zero-order chi connectivity index (χ0) is 19.3. The fourth-order valence-electron chi connectivity index (χ4n) is 4.15. The summed E-state index contributed by atoms with van der Waals surface area (Å²) in [5.41, 5.74) is 3.39. The first-order valence-electron chi connectivity index (χ1n) is 10.2. The Labute approximate surface area is 165 Å². The van der Waals surface area contributed by atoms with Gasteiger partial charge in [-0.25, -0.2) is 9.97 Å². The van der Waals surface area contributed by atoms with Crippen LogP contribution < -0.4 is 10.2 Å². The second-order valence-electron chi connectivity index (χ2n) is 7.66. The average molecular weight is 378 g/mol. The van der Waals surface area contributed by atoms with Crippen molar-refractivity contribution in [3.05, 3.63) is 53.3 Å². The van der Waals surface area contributed by atoms with Gasteiger partial charge in [-0.2, -0.15) is 0 Å². The third-order valence-electron chi connectivity index (χ3n) is 5.62. The minimum atomic E-state index is -0.0599. The van der Waals surface area contributed by atoms with E-state index in [-0.39, 0.29) is 30.6 Å². The predicted molar refractivity (Wildman–Crippen MR) is 107 cm³/mol. The van der Waals surface area contributed by atoms with E-state index in [1.54, 1.807) is 18.5 Å². The average Bonchev–Trinajstić information content (AvgIpc) is 3.21. The molecule has 1 fully saturated rings. The van der Waals surface area contributed by atoms with Gasteiger partial charge in [0.2, 0.25) is 11.9 Å². The van der Waals surface area contributed by atoms with Crippen LogP contribution in [0.1, 0.15) is 53.6 Å². The minimum Gasteiger partial charge on any atom is -0.352 e. The maximum Gasteiger partial charge on any atom is 0.225 e. The van der Waals surface area contributed by atoms with Gasteiger partial charge in [0, 0.05) is 49.9 Å². The number of carbonyl (C=O) groups excluding carboxylic acids is 2. The maximum atomic E-state index is 12.5. The van der Waals surface area contributed by atoms with Crippen LogP contribution in [0.3, 0.4) is 0 Å². The van der Waals surface area contributed by atoms with Crippen LogP contribution in [0.4, 0.5) is 5.95 Å². The Hall–Kier alpha value is -2.76. The van der Waals surface area contributed by atoms with Crippen molar-refractivity contribution in [1.82, 2.24) is 15.3 Å². The summed E-state index contributed by atoms with van der Waals surface area (Å²) in [7, 11) is 0. The summed E-state index contributed by atoms with van der Waals surface area (Å²) in [5.74, 6) is 0.691. The van der Waals surface area contributed by atoms with E-state index < -0.39 is 0 Å². The predicted octanol–water partition coefficient (Wildman–Crippen LogP) is 2.71. The van der Waals surface area contributed by atoms with Crippen molar-refractivity contribution in [3.8, 4) is 0 Å². The first kappa shape index (κ1) is 18.6. The Balaban J connectivity index is 1.26. The zero-order valence-corrected chi connectivity index (χ0v) is 16.1. The summed E-state index contributed by atoms with van der Waals surface area (Å²) >= 11 is 0. The molecule has 6 heteroatoms. The number of piperidine rings is 1. The molecule has 0 spiro atoms. The number of benzene rings is 1. The second-order valence-corrected chi connectivity index (χ2v) is 7.66. The van der Waals surface area contributed by atoms with Gasteiger partial charge in [0.05, 0.1) is 0 Å². The van der Waals surface area contributed by atoms with Gasteiger partial charge < -0.3 is 10.2 Å². The van der Waals surface area contributed by atoms with Crippen LogP contribution in [-0.2, 0) is 17.6 Å². The molecule has 2 aliphatic rings. The van der Waals surface area contributed by atoms with Crippen LogP contribution in [0.15, 0.2) is 36.7 Å². The van der Waals surface area contributed by atoms with E-state index in [4.69, 9.17) is 0 Å². The molecule has 1 aromatic heterocycles. The number of rotatable bonds is 6. The lowest BCUT2D eigenvalue weighted by atomic mass is 10.0. The van der Waals surface area contributed by atoms with Gasteiger partial charge in [-0.15, -0.1) is 0 Å². The molecule has 1 aliphatic carbocycles. The number of anilines is 1. The molecule has 28 heavy (non-hydrogen) atoms. The minimum absolute atomic E-state index is 0.0489. The molecule has 1 saturated heterocycles. The monoisotopic (exact) mass is 378 g/mol. The number of hydrogen-bond donors (Lipinski definition) is 1. The number of hydrogen-bond acceptors (Lipinski definition) is 5. The van der Waals surface area contributed by atoms with Crippen LogP contribution in [0, 0.1) is 0 Å². The number of ketones is 1. The van der Waals surface area contributed by atoms with E-state index in [1.807, 2.05) is 12.1 Å². The highest BCUT2D eigenvalue weighted by Gasteiger charge is 2.23. The molecule has 1 N–H and O–H groups in total. The van der Waals surface area contributed by atoms with Crippen molar-refractivity contribution in [2.75, 3.05) is 18.0 Å². The Morgan fingerprint density at radius 1 is 1.07 bits per heavy atom. The Morgan fingerprint density at radius 2 is 1.89 bits per heavy atom. The first-order chi connectivity index (χ1) is 13.7. The first-order valence-corrected chi connectivity index (χ1v) is 10.2. The number of aromatic nitrogens is 2. The number of carbonyl (C=O) groups is 2. The van der Waals surface area contributed by atoms with E-state index in [0.29, 0.717) is 12.5 Å². The molecule has 1 atom stereocenters. The molecular weight excluding hydrogens is 352 g/mol. The lowest BCUT2D eigenvalue weighted by Gasteiger charge is -2.33. The van der Waals surface area contributed by atoms with Gasteiger partial charge in [-0.05, 0) is 55.4 Å². The second kappa shape index (κ2) is 8.50. The number of amides is 1. The smallest absolute Gasteiger partial charge is 0.225 e. The summed E-state index contributed by atoms with van der Waals surface area (Å²) < 4.78 is 0. The molecule has 146 valence electrons. The maximum absolute atomic E-state index is 12.5. The third kappa shape index (κ3) is 4.38. The molecule has 4 rings (SSSR count). The lowest BCUT2D eigenvalue weighted by Crippen LogP contribution is -2.48. The van der Waals surface area contributed by atoms with E-state index >= 15 is 0 Å². The summed E-state index contributed by atoms with van der Waals surface area (Å²) in [6.07, 6.45) is 9.20. The van der Waals surface area contributed by atoms with Gasteiger partial charge in [-0.3, -0.25) is 9.59 Å². The van der Waals surface area contributed by atoms with Crippen molar-refractivity contribution < 1.29 is 9.59 Å². The Kier molecular flexibility index (Phi) is 5.65. The third-order valence-corrected chi connectivity index (χ3v) is 5.62. The van der Waals surface area contributed by atoms with Gasteiger partial charge in [0.15, 0.2) is 5.78 Å². The van der Waals surface area contributed by atoms with E-state index in [9.17, 15) is 9.59 Å². The number of Topliss-reactive ketones (excluding diaryl/α,β-unsaturated/α-hetero) is 1. The van der Waals surface area contributed by atoms with Gasteiger partial charge >= 0.3 is 0 Å². The number of aryl methyl sites for hydroxylation is 2. The fourth-order valence-corrected chi connectivity index (χ4v) is 4.15. The molecule has 0 bridgehead atoms. The summed E-state index contributed by atoms with van der Waals surface area (Å²) in [6.45, 7) is 1.60. The normalized spacial score (nSPS) is 18.6. The number of nitrogens with one attached hydrogen (secondary N) is 1. The molecule has 2 aromatic rings. The molecular formula is C22H26N4O2. The van der Waals surface area contributed by atoms with Crippen LogP contribution in [0.5, 0.6) is 0 Å². The summed E-state index contributed by atoms with van der Waals surface area (Å²) in [6, 6.07) is 7.85. The van der Waals surface area contributed by atoms with Crippen LogP contribution in [-0.4, -0.2) is 40.8 Å².